The first-order valence-corrected chi connectivity index (χ1v) is 19.0. The van der Waals surface area contributed by atoms with Gasteiger partial charge in [0.05, 0.1) is 9.75 Å². The Hall–Kier alpha value is -2.58. The molecule has 7 aliphatic carbocycles. The fraction of sp³-hybridized carbons (Fsp3) is 0.622. The highest BCUT2D eigenvalue weighted by Gasteiger charge is 2.54. The molecule has 2 aromatic rings. The number of hydrogen-bond donors (Lipinski definition) is 0. The number of hydrogen-bond acceptors (Lipinski definition) is 8. The lowest BCUT2D eigenvalue weighted by atomic mass is 9.64. The van der Waals surface area contributed by atoms with Gasteiger partial charge >= 0.3 is 0 Å². The molecule has 8 heteroatoms. The van der Waals surface area contributed by atoms with Gasteiger partial charge in [0.25, 0.3) is 0 Å². The van der Waals surface area contributed by atoms with E-state index in [1.807, 2.05) is 0 Å². The third kappa shape index (κ3) is 4.23. The first kappa shape index (κ1) is 28.6. The summed E-state index contributed by atoms with van der Waals surface area (Å²) in [5, 5.41) is 1.42. The third-order valence-electron chi connectivity index (χ3n) is 13.0. The second-order valence-corrected chi connectivity index (χ2v) is 17.7. The van der Waals surface area contributed by atoms with Crippen LogP contribution in [0.2, 0.25) is 0 Å². The van der Waals surface area contributed by atoms with Crippen LogP contribution in [0.4, 0.5) is 10.0 Å². The normalized spacial score (nSPS) is 36.3. The number of Topliss-reactive ketones (excluding diaryl/α,β-unsaturated/α-hetero) is 4. The van der Waals surface area contributed by atoms with Crippen LogP contribution in [0.15, 0.2) is 22.1 Å². The van der Waals surface area contributed by atoms with Crippen molar-refractivity contribution in [1.29, 1.82) is 0 Å². The van der Waals surface area contributed by atoms with Gasteiger partial charge in [0.1, 0.15) is 10.0 Å². The molecule has 0 bridgehead atoms. The van der Waals surface area contributed by atoms with Gasteiger partial charge in [-0.15, -0.1) is 22.7 Å². The molecule has 45 heavy (non-hydrogen) atoms. The zero-order valence-electron chi connectivity index (χ0n) is 26.1. The number of thiophene rings is 2. The molecule has 0 saturated heterocycles. The Morgan fingerprint density at radius 1 is 0.556 bits per heavy atom. The third-order valence-corrected chi connectivity index (χ3v) is 15.3. The molecule has 0 spiro atoms. The molecule has 0 aromatic carbocycles. The Bertz CT molecular complexity index is 1550. The molecule has 7 aliphatic rings. The number of ketones is 4. The van der Waals surface area contributed by atoms with Crippen molar-refractivity contribution >= 4 is 67.2 Å². The Balaban J connectivity index is 1.00. The maximum absolute atomic E-state index is 13.5. The molecule has 234 valence electrons. The largest absolute Gasteiger partial charge is 0.292 e. The van der Waals surface area contributed by atoms with E-state index in [-0.39, 0.29) is 63.6 Å². The van der Waals surface area contributed by atoms with E-state index in [2.05, 4.69) is 26.0 Å². The topological polar surface area (TPSA) is 93.0 Å². The minimum absolute atomic E-state index is 0.0394. The molecular formula is C37H40N2O4S2. The average Bonchev–Trinajstić information content (AvgIpc) is 3.80. The Morgan fingerprint density at radius 3 is 1.18 bits per heavy atom. The van der Waals surface area contributed by atoms with Crippen LogP contribution in [0.5, 0.6) is 0 Å². The lowest BCUT2D eigenvalue weighted by molar-refractivity contribution is -0.123. The maximum atomic E-state index is 13.5. The molecule has 6 nitrogen and oxygen atoms in total. The summed E-state index contributed by atoms with van der Waals surface area (Å²) < 4.78 is 0. The summed E-state index contributed by atoms with van der Waals surface area (Å²) in [4.78, 5) is 65.7. The summed E-state index contributed by atoms with van der Waals surface area (Å²) in [6, 6.07) is 4.11. The van der Waals surface area contributed by atoms with Gasteiger partial charge in [-0.1, -0.05) is 65.2 Å². The van der Waals surface area contributed by atoms with Gasteiger partial charge in [0.15, 0.2) is 34.6 Å². The van der Waals surface area contributed by atoms with Gasteiger partial charge in [-0.05, 0) is 72.6 Å². The second kappa shape index (κ2) is 10.2. The first-order valence-electron chi connectivity index (χ1n) is 17.3. The van der Waals surface area contributed by atoms with Crippen LogP contribution >= 0.6 is 22.7 Å². The molecule has 0 N–H and O–H groups in total. The van der Waals surface area contributed by atoms with E-state index in [9.17, 15) is 19.2 Å². The van der Waals surface area contributed by atoms with E-state index in [1.54, 1.807) is 0 Å². The van der Waals surface area contributed by atoms with Crippen LogP contribution < -0.4 is 0 Å². The molecule has 0 amide bonds. The zero-order valence-corrected chi connectivity index (χ0v) is 27.7. The highest BCUT2D eigenvalue weighted by Crippen LogP contribution is 2.59. The Kier molecular flexibility index (Phi) is 6.49. The number of carbonyl (C=O) groups excluding carboxylic acids is 4. The van der Waals surface area contributed by atoms with Crippen molar-refractivity contribution in [3.05, 3.63) is 23.3 Å². The minimum atomic E-state index is -0.310. The Labute approximate surface area is 272 Å². The summed E-state index contributed by atoms with van der Waals surface area (Å²) >= 11 is 3.06. The Morgan fingerprint density at radius 2 is 0.867 bits per heavy atom. The summed E-state index contributed by atoms with van der Waals surface area (Å²) in [5.41, 5.74) is 2.32. The zero-order chi connectivity index (χ0) is 30.8. The van der Waals surface area contributed by atoms with E-state index in [0.29, 0.717) is 33.7 Å². The lowest BCUT2D eigenvalue weighted by Gasteiger charge is -2.39. The van der Waals surface area contributed by atoms with Crippen molar-refractivity contribution in [3.63, 3.8) is 0 Å². The molecule has 2 heterocycles. The van der Waals surface area contributed by atoms with Gasteiger partial charge in [0, 0.05) is 29.1 Å². The van der Waals surface area contributed by atoms with Crippen molar-refractivity contribution < 1.29 is 19.2 Å². The molecule has 2 aromatic heterocycles. The van der Waals surface area contributed by atoms with Gasteiger partial charge in [0.2, 0.25) is 0 Å². The molecule has 9 rings (SSSR count). The number of aliphatic imine (C=N–C) groups is 2. The quantitative estimate of drug-likeness (QED) is 0.331. The monoisotopic (exact) mass is 640 g/mol. The fourth-order valence-corrected chi connectivity index (χ4v) is 13.1. The highest BCUT2D eigenvalue weighted by atomic mass is 32.1. The lowest BCUT2D eigenvalue weighted by Crippen LogP contribution is -2.35. The van der Waals surface area contributed by atoms with Crippen LogP contribution in [0.1, 0.15) is 102 Å². The van der Waals surface area contributed by atoms with Crippen LogP contribution in [0, 0.1) is 47.3 Å². The van der Waals surface area contributed by atoms with Crippen molar-refractivity contribution in [3.8, 4) is 9.75 Å². The molecule has 8 atom stereocenters. The molecular weight excluding hydrogens is 601 g/mol. The van der Waals surface area contributed by atoms with Crippen LogP contribution in [-0.4, -0.2) is 34.6 Å². The first-order chi connectivity index (χ1) is 21.7. The number of carbonyl (C=O) groups is 4. The smallest absolute Gasteiger partial charge is 0.188 e. The van der Waals surface area contributed by atoms with Crippen molar-refractivity contribution in [2.45, 2.75) is 96.3 Å². The van der Waals surface area contributed by atoms with E-state index >= 15 is 0 Å². The molecule has 0 aliphatic heterocycles. The van der Waals surface area contributed by atoms with E-state index in [0.717, 1.165) is 46.6 Å². The molecule has 6 fully saturated rings. The SMILES string of the molecule is CC1(C)c2cc(N=C3C(=O)C4CC5CCCCC5CC4C3=O)sc2-c2sc(N=C3C(=O)C4CC5CCCCC5CC4C3=O)cc21. The number of rotatable bonds is 2. The standard InChI is InChI=1S/C37H40N2O4S2/c1-37(2)25-15-27(38-29-31(40)21-11-17-7-3-4-8-18(17)12-22(21)32(29)41)44-35(25)36-26(37)16-28(45-36)39-30-33(42)23-13-19-9-5-6-10-20(19)14-24(23)34(30)43/h15-24H,3-14H2,1-2H3. The minimum Gasteiger partial charge on any atom is -0.292 e. The number of nitrogens with zero attached hydrogens (tertiary/aromatic N) is 2. The summed E-state index contributed by atoms with van der Waals surface area (Å²) in [7, 11) is 0. The van der Waals surface area contributed by atoms with E-state index in [1.165, 1.54) is 74.0 Å². The summed E-state index contributed by atoms with van der Waals surface area (Å²) in [5.74, 6) is 1.45. The van der Waals surface area contributed by atoms with Gasteiger partial charge in [-0.2, -0.15) is 0 Å². The summed E-state index contributed by atoms with van der Waals surface area (Å²) in [6.07, 6.45) is 13.1. The van der Waals surface area contributed by atoms with Crippen molar-refractivity contribution in [2.24, 2.45) is 57.3 Å². The predicted octanol–water partition coefficient (Wildman–Crippen LogP) is 8.23. The van der Waals surface area contributed by atoms with Crippen LogP contribution in [0.25, 0.3) is 9.75 Å². The maximum Gasteiger partial charge on any atom is 0.188 e. The van der Waals surface area contributed by atoms with Crippen molar-refractivity contribution in [1.82, 2.24) is 0 Å². The molecule has 6 saturated carbocycles. The number of fused-ring (bicyclic) bond motifs is 7. The second-order valence-electron chi connectivity index (χ2n) is 15.6. The van der Waals surface area contributed by atoms with E-state index in [4.69, 9.17) is 9.98 Å². The predicted molar refractivity (Wildman–Crippen MR) is 177 cm³/mol. The van der Waals surface area contributed by atoms with Crippen LogP contribution in [-0.2, 0) is 24.6 Å². The van der Waals surface area contributed by atoms with E-state index < -0.39 is 0 Å². The van der Waals surface area contributed by atoms with Crippen molar-refractivity contribution in [2.75, 3.05) is 0 Å². The molecule has 8 unspecified atom stereocenters. The highest BCUT2D eigenvalue weighted by molar-refractivity contribution is 7.26. The van der Waals surface area contributed by atoms with Gasteiger partial charge < -0.3 is 0 Å². The van der Waals surface area contributed by atoms with Gasteiger partial charge in [-0.3, -0.25) is 19.2 Å². The summed E-state index contributed by atoms with van der Waals surface area (Å²) in [6.45, 7) is 4.35. The molecule has 0 radical (unpaired) electrons. The van der Waals surface area contributed by atoms with Gasteiger partial charge in [-0.25, -0.2) is 9.98 Å². The average molecular weight is 641 g/mol. The van der Waals surface area contributed by atoms with Crippen LogP contribution in [0.3, 0.4) is 0 Å². The fourth-order valence-electron chi connectivity index (χ4n) is 10.6.